The maximum atomic E-state index is 11.3. The second kappa shape index (κ2) is 6.00. The Balaban J connectivity index is 2.22. The summed E-state index contributed by atoms with van der Waals surface area (Å²) in [5.74, 6) is 0.920. The van der Waals surface area contributed by atoms with Crippen LogP contribution in [0.4, 0.5) is 0 Å². The zero-order valence-corrected chi connectivity index (χ0v) is 11.7. The zero-order valence-electron chi connectivity index (χ0n) is 11.7. The van der Waals surface area contributed by atoms with Crippen LogP contribution < -0.4 is 14.2 Å². The Morgan fingerprint density at radius 3 is 2.80 bits per heavy atom. The topological polar surface area (TPSA) is 74.2 Å². The van der Waals surface area contributed by atoms with Crippen molar-refractivity contribution in [2.45, 2.75) is 19.4 Å². The van der Waals surface area contributed by atoms with Crippen molar-refractivity contribution in [1.82, 2.24) is 0 Å². The number of fused-ring (bicyclic) bond motifs is 1. The third kappa shape index (κ3) is 2.80. The van der Waals surface area contributed by atoms with Gasteiger partial charge in [0.2, 0.25) is 12.5 Å². The van der Waals surface area contributed by atoms with Gasteiger partial charge in [0.15, 0.2) is 11.5 Å². The first-order chi connectivity index (χ1) is 9.56. The van der Waals surface area contributed by atoms with Crippen LogP contribution in [0.15, 0.2) is 12.1 Å². The van der Waals surface area contributed by atoms with E-state index in [0.29, 0.717) is 22.8 Å². The van der Waals surface area contributed by atoms with Crippen LogP contribution >= 0.6 is 0 Å². The number of esters is 1. The highest BCUT2D eigenvalue weighted by Gasteiger charge is 2.25. The smallest absolute Gasteiger partial charge is 0.305 e. The summed E-state index contributed by atoms with van der Waals surface area (Å²) in [7, 11) is 2.84. The normalized spacial score (nSPS) is 15.6. The van der Waals surface area contributed by atoms with E-state index in [1.165, 1.54) is 14.2 Å². The molecule has 0 bridgehead atoms. The molecule has 1 aliphatic heterocycles. The van der Waals surface area contributed by atoms with Gasteiger partial charge in [0.05, 0.1) is 26.7 Å². The quantitative estimate of drug-likeness (QED) is 0.828. The van der Waals surface area contributed by atoms with Crippen molar-refractivity contribution in [3.8, 4) is 17.2 Å². The molecule has 1 N–H and O–H groups in total. The van der Waals surface area contributed by atoms with Gasteiger partial charge < -0.3 is 24.1 Å². The molecule has 0 aromatic heterocycles. The minimum atomic E-state index is -0.822. The molecule has 6 heteroatoms. The van der Waals surface area contributed by atoms with Crippen molar-refractivity contribution in [2.24, 2.45) is 5.92 Å². The molecule has 6 nitrogen and oxygen atoms in total. The molecule has 2 atom stereocenters. The van der Waals surface area contributed by atoms with Crippen LogP contribution in [-0.4, -0.2) is 32.1 Å². The molecule has 2 unspecified atom stereocenters. The van der Waals surface area contributed by atoms with E-state index >= 15 is 0 Å². The number of carbonyl (C=O) groups is 1. The van der Waals surface area contributed by atoms with Crippen LogP contribution in [0.25, 0.3) is 0 Å². The SMILES string of the molecule is COC(=O)CC(C)C(O)c1cc(OC)c2c(c1)OCO2. The molecular formula is C14H18O6. The Kier molecular flexibility index (Phi) is 4.34. The van der Waals surface area contributed by atoms with E-state index in [0.717, 1.165) is 0 Å². The van der Waals surface area contributed by atoms with Gasteiger partial charge in [0.25, 0.3) is 0 Å². The van der Waals surface area contributed by atoms with Crippen molar-refractivity contribution in [3.05, 3.63) is 17.7 Å². The molecule has 0 fully saturated rings. The summed E-state index contributed by atoms with van der Waals surface area (Å²) in [5, 5.41) is 10.3. The van der Waals surface area contributed by atoms with Crippen LogP contribution in [0.1, 0.15) is 25.0 Å². The second-order valence-electron chi connectivity index (χ2n) is 4.66. The van der Waals surface area contributed by atoms with Gasteiger partial charge in [-0.1, -0.05) is 6.92 Å². The van der Waals surface area contributed by atoms with E-state index in [1.807, 2.05) is 0 Å². The molecule has 0 saturated carbocycles. The first-order valence-electron chi connectivity index (χ1n) is 6.29. The summed E-state index contributed by atoms with van der Waals surface area (Å²) in [5.41, 5.74) is 0.613. The number of methoxy groups -OCH3 is 2. The molecule has 110 valence electrons. The fourth-order valence-electron chi connectivity index (χ4n) is 2.11. The van der Waals surface area contributed by atoms with E-state index in [1.54, 1.807) is 19.1 Å². The van der Waals surface area contributed by atoms with Gasteiger partial charge in [-0.2, -0.15) is 0 Å². The van der Waals surface area contributed by atoms with Crippen molar-refractivity contribution in [2.75, 3.05) is 21.0 Å². The minimum Gasteiger partial charge on any atom is -0.493 e. The highest BCUT2D eigenvalue weighted by atomic mass is 16.7. The van der Waals surface area contributed by atoms with Crippen LogP contribution in [0, 0.1) is 5.92 Å². The Morgan fingerprint density at radius 1 is 1.40 bits per heavy atom. The molecule has 2 rings (SSSR count). The number of carbonyl (C=O) groups excluding carboxylic acids is 1. The Bertz CT molecular complexity index is 499. The first-order valence-corrected chi connectivity index (χ1v) is 6.29. The number of hydrogen-bond donors (Lipinski definition) is 1. The van der Waals surface area contributed by atoms with E-state index in [9.17, 15) is 9.90 Å². The maximum Gasteiger partial charge on any atom is 0.305 e. The number of aliphatic hydroxyl groups excluding tert-OH is 1. The van der Waals surface area contributed by atoms with Crippen LogP contribution in [-0.2, 0) is 9.53 Å². The van der Waals surface area contributed by atoms with E-state index in [2.05, 4.69) is 4.74 Å². The lowest BCUT2D eigenvalue weighted by molar-refractivity contribution is -0.142. The molecule has 0 radical (unpaired) electrons. The van der Waals surface area contributed by atoms with E-state index < -0.39 is 6.10 Å². The lowest BCUT2D eigenvalue weighted by Gasteiger charge is -2.19. The van der Waals surface area contributed by atoms with Crippen molar-refractivity contribution in [3.63, 3.8) is 0 Å². The van der Waals surface area contributed by atoms with E-state index in [-0.39, 0.29) is 25.1 Å². The van der Waals surface area contributed by atoms with Gasteiger partial charge in [-0.25, -0.2) is 0 Å². The molecule has 0 saturated heterocycles. The molecule has 1 aliphatic rings. The summed E-state index contributed by atoms with van der Waals surface area (Å²) in [6.07, 6.45) is -0.688. The average Bonchev–Trinajstić information content (AvgIpc) is 2.93. The lowest BCUT2D eigenvalue weighted by Crippen LogP contribution is -2.15. The summed E-state index contributed by atoms with van der Waals surface area (Å²) < 4.78 is 20.4. The predicted octanol–water partition coefficient (Wildman–Crippen LogP) is 1.66. The van der Waals surface area contributed by atoms with Gasteiger partial charge in [-0.05, 0) is 23.6 Å². The number of rotatable bonds is 5. The molecular weight excluding hydrogens is 264 g/mol. The van der Waals surface area contributed by atoms with Crippen LogP contribution in [0.3, 0.4) is 0 Å². The molecule has 20 heavy (non-hydrogen) atoms. The fraction of sp³-hybridized carbons (Fsp3) is 0.500. The van der Waals surface area contributed by atoms with Crippen LogP contribution in [0.5, 0.6) is 17.2 Å². The summed E-state index contributed by atoms with van der Waals surface area (Å²) in [6, 6.07) is 3.38. The van der Waals surface area contributed by atoms with Gasteiger partial charge in [0.1, 0.15) is 0 Å². The highest BCUT2D eigenvalue weighted by Crippen LogP contribution is 2.43. The minimum absolute atomic E-state index is 0.128. The van der Waals surface area contributed by atoms with E-state index in [4.69, 9.17) is 14.2 Å². The second-order valence-corrected chi connectivity index (χ2v) is 4.66. The molecule has 1 aromatic carbocycles. The molecule has 0 amide bonds. The summed E-state index contributed by atoms with van der Waals surface area (Å²) in [4.78, 5) is 11.3. The third-order valence-corrected chi connectivity index (χ3v) is 3.28. The van der Waals surface area contributed by atoms with Gasteiger partial charge in [-0.15, -0.1) is 0 Å². The monoisotopic (exact) mass is 282 g/mol. The highest BCUT2D eigenvalue weighted by molar-refractivity contribution is 5.69. The summed E-state index contributed by atoms with van der Waals surface area (Å²) in [6.45, 7) is 1.90. The largest absolute Gasteiger partial charge is 0.493 e. The third-order valence-electron chi connectivity index (χ3n) is 3.28. The number of benzene rings is 1. The number of ether oxygens (including phenoxy) is 4. The summed E-state index contributed by atoms with van der Waals surface area (Å²) >= 11 is 0. The van der Waals surface area contributed by atoms with Crippen molar-refractivity contribution >= 4 is 5.97 Å². The molecule has 0 aliphatic carbocycles. The molecule has 1 heterocycles. The Hall–Kier alpha value is -1.95. The van der Waals surface area contributed by atoms with Crippen LogP contribution in [0.2, 0.25) is 0 Å². The van der Waals surface area contributed by atoms with Crippen molar-refractivity contribution in [1.29, 1.82) is 0 Å². The first kappa shape index (κ1) is 14.5. The standard InChI is InChI=1S/C14H18O6/c1-8(4-12(15)18-3)13(16)9-5-10(17-2)14-11(6-9)19-7-20-14/h5-6,8,13,16H,4,7H2,1-3H3. The van der Waals surface area contributed by atoms with Crippen molar-refractivity contribution < 1.29 is 28.8 Å². The zero-order chi connectivity index (χ0) is 14.7. The Morgan fingerprint density at radius 2 is 2.15 bits per heavy atom. The maximum absolute atomic E-state index is 11.3. The average molecular weight is 282 g/mol. The van der Waals surface area contributed by atoms with Gasteiger partial charge in [0, 0.05) is 0 Å². The molecule has 0 spiro atoms. The Labute approximate surface area is 117 Å². The lowest BCUT2D eigenvalue weighted by atomic mass is 9.94. The van der Waals surface area contributed by atoms with Gasteiger partial charge >= 0.3 is 5.97 Å². The fourth-order valence-corrected chi connectivity index (χ4v) is 2.11. The number of hydrogen-bond acceptors (Lipinski definition) is 6. The van der Waals surface area contributed by atoms with Gasteiger partial charge in [-0.3, -0.25) is 4.79 Å². The molecule has 1 aromatic rings. The predicted molar refractivity (Wildman–Crippen MR) is 69.9 cm³/mol. The number of aliphatic hydroxyl groups is 1.